The number of fused-ring (bicyclic) bond motifs is 1. The zero-order chi connectivity index (χ0) is 26.1. The highest BCUT2D eigenvalue weighted by Gasteiger charge is 2.40. The third kappa shape index (κ3) is 5.44. The standard InChI is InChI=1S/C30H41N5O3/c1-20-6-8-22(9-7-20)27-5-3-4-26(38-27)14-31-29-21(2)28(32-19-33-29)30(36)34-12-10-25(11-13-34)35-15-23-17-37-18-24(23)16-35/h6-9,19,23-27H,3-5,10-18H2,1-2H3,(H,31,32,33). The van der Waals surface area contributed by atoms with Crippen molar-refractivity contribution in [1.82, 2.24) is 19.8 Å². The quantitative estimate of drug-likeness (QED) is 0.618. The number of rotatable bonds is 6. The zero-order valence-corrected chi connectivity index (χ0v) is 22.8. The molecule has 8 heteroatoms. The van der Waals surface area contributed by atoms with Gasteiger partial charge in [0.15, 0.2) is 0 Å². The molecule has 4 fully saturated rings. The summed E-state index contributed by atoms with van der Waals surface area (Å²) in [5.41, 5.74) is 3.84. The van der Waals surface area contributed by atoms with E-state index in [0.717, 1.165) is 82.9 Å². The average molecular weight is 520 g/mol. The molecular formula is C30H41N5O3. The molecule has 0 saturated carbocycles. The maximum atomic E-state index is 13.4. The second-order valence-electron chi connectivity index (χ2n) is 11.7. The van der Waals surface area contributed by atoms with E-state index in [1.165, 1.54) is 17.5 Å². The first kappa shape index (κ1) is 25.7. The molecule has 4 unspecified atom stereocenters. The van der Waals surface area contributed by atoms with Gasteiger partial charge in [-0.25, -0.2) is 9.97 Å². The van der Waals surface area contributed by atoms with Gasteiger partial charge in [0.1, 0.15) is 17.8 Å². The van der Waals surface area contributed by atoms with Crippen molar-refractivity contribution < 1.29 is 14.3 Å². The zero-order valence-electron chi connectivity index (χ0n) is 22.8. The van der Waals surface area contributed by atoms with E-state index in [1.54, 1.807) is 0 Å². The van der Waals surface area contributed by atoms with E-state index in [-0.39, 0.29) is 18.1 Å². The van der Waals surface area contributed by atoms with Crippen molar-refractivity contribution in [1.29, 1.82) is 0 Å². The molecule has 8 nitrogen and oxygen atoms in total. The first-order chi connectivity index (χ1) is 18.5. The van der Waals surface area contributed by atoms with Crippen LogP contribution in [0.25, 0.3) is 0 Å². The lowest BCUT2D eigenvalue weighted by Gasteiger charge is -2.37. The lowest BCUT2D eigenvalue weighted by atomic mass is 9.97. The fraction of sp³-hybridized carbons (Fsp3) is 0.633. The molecule has 0 spiro atoms. The van der Waals surface area contributed by atoms with Gasteiger partial charge in [-0.05, 0) is 51.5 Å². The second-order valence-corrected chi connectivity index (χ2v) is 11.7. The Hall–Kier alpha value is -2.55. The monoisotopic (exact) mass is 519 g/mol. The van der Waals surface area contributed by atoms with E-state index in [0.29, 0.717) is 30.1 Å². The van der Waals surface area contributed by atoms with Crippen molar-refractivity contribution in [3.8, 4) is 0 Å². The summed E-state index contributed by atoms with van der Waals surface area (Å²) in [6.07, 6.45) is 7.03. The minimum Gasteiger partial charge on any atom is -0.381 e. The summed E-state index contributed by atoms with van der Waals surface area (Å²) in [7, 11) is 0. The largest absolute Gasteiger partial charge is 0.381 e. The van der Waals surface area contributed by atoms with Crippen molar-refractivity contribution in [2.45, 2.75) is 64.2 Å². The smallest absolute Gasteiger partial charge is 0.272 e. The van der Waals surface area contributed by atoms with Gasteiger partial charge >= 0.3 is 0 Å². The first-order valence-corrected chi connectivity index (χ1v) is 14.4. The number of nitrogens with zero attached hydrogens (tertiary/aromatic N) is 4. The number of aryl methyl sites for hydroxylation is 1. The lowest BCUT2D eigenvalue weighted by Crippen LogP contribution is -2.46. The lowest BCUT2D eigenvalue weighted by molar-refractivity contribution is -0.0442. The van der Waals surface area contributed by atoms with Gasteiger partial charge < -0.3 is 19.7 Å². The number of amides is 1. The molecule has 0 aliphatic carbocycles. The number of hydrogen-bond donors (Lipinski definition) is 1. The summed E-state index contributed by atoms with van der Waals surface area (Å²) in [6, 6.07) is 9.23. The normalized spacial score (nSPS) is 28.4. The highest BCUT2D eigenvalue weighted by molar-refractivity contribution is 5.94. The summed E-state index contributed by atoms with van der Waals surface area (Å²) < 4.78 is 12.1. The third-order valence-electron chi connectivity index (χ3n) is 9.12. The number of hydrogen-bond acceptors (Lipinski definition) is 7. The van der Waals surface area contributed by atoms with Crippen molar-refractivity contribution in [3.63, 3.8) is 0 Å². The fourth-order valence-corrected chi connectivity index (χ4v) is 6.74. The van der Waals surface area contributed by atoms with Crippen LogP contribution in [0.1, 0.15) is 65.4 Å². The van der Waals surface area contributed by atoms with E-state index >= 15 is 0 Å². The summed E-state index contributed by atoms with van der Waals surface area (Å²) >= 11 is 0. The highest BCUT2D eigenvalue weighted by atomic mass is 16.5. The molecule has 4 saturated heterocycles. The Morgan fingerprint density at radius 2 is 1.74 bits per heavy atom. The molecule has 2 aromatic rings. The van der Waals surface area contributed by atoms with Crippen LogP contribution < -0.4 is 5.32 Å². The number of carbonyl (C=O) groups excluding carboxylic acids is 1. The number of ether oxygens (including phenoxy) is 2. The second kappa shape index (κ2) is 11.3. The third-order valence-corrected chi connectivity index (χ3v) is 9.12. The van der Waals surface area contributed by atoms with Gasteiger partial charge in [-0.3, -0.25) is 9.69 Å². The molecule has 204 valence electrons. The minimum absolute atomic E-state index is 0.0199. The van der Waals surface area contributed by atoms with Gasteiger partial charge in [-0.15, -0.1) is 0 Å². The van der Waals surface area contributed by atoms with E-state index in [1.807, 2.05) is 11.8 Å². The molecule has 4 aliphatic rings. The van der Waals surface area contributed by atoms with Gasteiger partial charge in [0, 0.05) is 56.2 Å². The van der Waals surface area contributed by atoms with E-state index < -0.39 is 0 Å². The molecule has 0 bridgehead atoms. The number of aromatic nitrogens is 2. The average Bonchev–Trinajstić information content (AvgIpc) is 3.56. The number of piperidine rings is 1. The van der Waals surface area contributed by atoms with Crippen molar-refractivity contribution in [2.75, 3.05) is 51.3 Å². The van der Waals surface area contributed by atoms with Crippen LogP contribution in [-0.4, -0.2) is 83.8 Å². The molecule has 1 amide bonds. The van der Waals surface area contributed by atoms with Crippen LogP contribution in [0.4, 0.5) is 5.82 Å². The van der Waals surface area contributed by atoms with Crippen LogP contribution in [0.5, 0.6) is 0 Å². The Labute approximate surface area is 226 Å². The Kier molecular flexibility index (Phi) is 7.63. The Morgan fingerprint density at radius 1 is 1.00 bits per heavy atom. The van der Waals surface area contributed by atoms with Gasteiger partial charge in [0.05, 0.1) is 25.4 Å². The van der Waals surface area contributed by atoms with Crippen LogP contribution in [0, 0.1) is 25.7 Å². The van der Waals surface area contributed by atoms with Crippen LogP contribution in [-0.2, 0) is 9.47 Å². The molecule has 4 aliphatic heterocycles. The van der Waals surface area contributed by atoms with Gasteiger partial charge in [-0.1, -0.05) is 29.8 Å². The Bertz CT molecular complexity index is 1110. The Balaban J connectivity index is 1.02. The summed E-state index contributed by atoms with van der Waals surface area (Å²) in [6.45, 7) is 10.4. The fourth-order valence-electron chi connectivity index (χ4n) is 6.74. The number of benzene rings is 1. The maximum Gasteiger partial charge on any atom is 0.272 e. The highest BCUT2D eigenvalue weighted by Crippen LogP contribution is 2.33. The van der Waals surface area contributed by atoms with Crippen LogP contribution in [0.3, 0.4) is 0 Å². The molecular weight excluding hydrogens is 478 g/mol. The van der Waals surface area contributed by atoms with E-state index in [9.17, 15) is 4.79 Å². The molecule has 38 heavy (non-hydrogen) atoms. The van der Waals surface area contributed by atoms with Crippen LogP contribution in [0.2, 0.25) is 0 Å². The Morgan fingerprint density at radius 3 is 2.47 bits per heavy atom. The van der Waals surface area contributed by atoms with E-state index in [2.05, 4.69) is 51.4 Å². The number of carbonyl (C=O) groups is 1. The molecule has 1 N–H and O–H groups in total. The summed E-state index contributed by atoms with van der Waals surface area (Å²) in [5, 5.41) is 3.46. The molecule has 0 radical (unpaired) electrons. The van der Waals surface area contributed by atoms with E-state index in [4.69, 9.17) is 9.47 Å². The summed E-state index contributed by atoms with van der Waals surface area (Å²) in [4.78, 5) is 26.9. The molecule has 1 aromatic heterocycles. The molecule has 4 atom stereocenters. The minimum atomic E-state index is 0.0199. The SMILES string of the molecule is Cc1ccc(C2CCCC(CNc3ncnc(C(=O)N4CCC(N5CC6COCC6C5)CC4)c3C)O2)cc1. The topological polar surface area (TPSA) is 79.8 Å². The molecule has 6 rings (SSSR count). The summed E-state index contributed by atoms with van der Waals surface area (Å²) in [5.74, 6) is 2.16. The predicted octanol–water partition coefficient (Wildman–Crippen LogP) is 4.00. The number of likely N-dealkylation sites (tertiary alicyclic amines) is 2. The molecule has 1 aromatic carbocycles. The van der Waals surface area contributed by atoms with Crippen molar-refractivity contribution in [2.24, 2.45) is 11.8 Å². The van der Waals surface area contributed by atoms with Crippen molar-refractivity contribution >= 4 is 11.7 Å². The van der Waals surface area contributed by atoms with Crippen LogP contribution in [0.15, 0.2) is 30.6 Å². The predicted molar refractivity (Wildman–Crippen MR) is 146 cm³/mol. The van der Waals surface area contributed by atoms with Gasteiger partial charge in [0.2, 0.25) is 0 Å². The number of anilines is 1. The van der Waals surface area contributed by atoms with Gasteiger partial charge in [0.25, 0.3) is 5.91 Å². The number of nitrogens with one attached hydrogen (secondary N) is 1. The first-order valence-electron chi connectivity index (χ1n) is 14.4. The van der Waals surface area contributed by atoms with Crippen molar-refractivity contribution in [3.05, 3.63) is 53.0 Å². The molecule has 5 heterocycles. The maximum absolute atomic E-state index is 13.4. The van der Waals surface area contributed by atoms with Gasteiger partial charge in [-0.2, -0.15) is 0 Å². The van der Waals surface area contributed by atoms with Crippen LogP contribution >= 0.6 is 0 Å².